The van der Waals surface area contributed by atoms with Crippen molar-refractivity contribution in [2.75, 3.05) is 0 Å². The second kappa shape index (κ2) is 7.22. The SMILES string of the molecule is C[C@H](CC(C)(C)c1ccccc1)NS(=O)(=O)c1ccc2c(c1)sc(=O)n2C. The average Bonchev–Trinajstić information content (AvgIpc) is 2.88. The van der Waals surface area contributed by atoms with Crippen LogP contribution in [0.5, 0.6) is 0 Å². The van der Waals surface area contributed by atoms with E-state index in [-0.39, 0.29) is 21.2 Å². The first kappa shape index (κ1) is 19.8. The van der Waals surface area contributed by atoms with Crippen LogP contribution >= 0.6 is 11.3 Å². The van der Waals surface area contributed by atoms with Crippen molar-refractivity contribution in [3.63, 3.8) is 0 Å². The zero-order valence-electron chi connectivity index (χ0n) is 15.9. The number of rotatable bonds is 6. The summed E-state index contributed by atoms with van der Waals surface area (Å²) < 4.78 is 30.6. The highest BCUT2D eigenvalue weighted by molar-refractivity contribution is 7.89. The monoisotopic (exact) mass is 404 g/mol. The smallest absolute Gasteiger partial charge is 0.302 e. The van der Waals surface area contributed by atoms with Crippen LogP contribution in [-0.2, 0) is 22.5 Å². The van der Waals surface area contributed by atoms with Crippen molar-refractivity contribution in [3.05, 3.63) is 63.8 Å². The van der Waals surface area contributed by atoms with E-state index in [1.807, 2.05) is 25.1 Å². The summed E-state index contributed by atoms with van der Waals surface area (Å²) in [5.74, 6) is 0. The molecule has 0 aliphatic heterocycles. The van der Waals surface area contributed by atoms with Crippen LogP contribution in [0.3, 0.4) is 0 Å². The minimum Gasteiger partial charge on any atom is -0.302 e. The van der Waals surface area contributed by atoms with Crippen molar-refractivity contribution in [2.24, 2.45) is 7.05 Å². The van der Waals surface area contributed by atoms with E-state index in [9.17, 15) is 13.2 Å². The van der Waals surface area contributed by atoms with E-state index in [2.05, 4.69) is 30.7 Å². The van der Waals surface area contributed by atoms with Gasteiger partial charge in [-0.05, 0) is 42.5 Å². The molecule has 5 nitrogen and oxygen atoms in total. The quantitative estimate of drug-likeness (QED) is 0.682. The number of nitrogens with one attached hydrogen (secondary N) is 1. The van der Waals surface area contributed by atoms with Crippen molar-refractivity contribution in [2.45, 2.75) is 43.5 Å². The maximum Gasteiger partial charge on any atom is 0.307 e. The Morgan fingerprint density at radius 2 is 1.81 bits per heavy atom. The second-order valence-corrected chi connectivity index (χ2v) is 10.2. The van der Waals surface area contributed by atoms with Crippen LogP contribution in [0.1, 0.15) is 32.8 Å². The summed E-state index contributed by atoms with van der Waals surface area (Å²) in [5, 5.41) is 0. The molecule has 0 radical (unpaired) electrons. The van der Waals surface area contributed by atoms with Crippen LogP contribution < -0.4 is 9.60 Å². The summed E-state index contributed by atoms with van der Waals surface area (Å²) >= 11 is 1.05. The van der Waals surface area contributed by atoms with Gasteiger partial charge in [-0.25, -0.2) is 13.1 Å². The Morgan fingerprint density at radius 1 is 1.15 bits per heavy atom. The van der Waals surface area contributed by atoms with Crippen molar-refractivity contribution in [1.82, 2.24) is 9.29 Å². The topological polar surface area (TPSA) is 68.2 Å². The number of thiazole rings is 1. The first-order valence-electron chi connectivity index (χ1n) is 8.77. The molecule has 0 amide bonds. The number of hydrogen-bond donors (Lipinski definition) is 1. The molecule has 0 saturated carbocycles. The fourth-order valence-corrected chi connectivity index (χ4v) is 5.69. The highest BCUT2D eigenvalue weighted by Crippen LogP contribution is 2.29. The zero-order chi connectivity index (χ0) is 19.8. The van der Waals surface area contributed by atoms with Gasteiger partial charge in [0.15, 0.2) is 0 Å². The van der Waals surface area contributed by atoms with E-state index >= 15 is 0 Å². The van der Waals surface area contributed by atoms with Gasteiger partial charge in [-0.3, -0.25) is 4.79 Å². The molecule has 0 fully saturated rings. The summed E-state index contributed by atoms with van der Waals surface area (Å²) in [6.45, 7) is 6.10. The Hall–Kier alpha value is -1.96. The molecule has 0 bridgehead atoms. The normalized spacial score (nSPS) is 13.8. The van der Waals surface area contributed by atoms with E-state index in [0.29, 0.717) is 11.1 Å². The lowest BCUT2D eigenvalue weighted by Gasteiger charge is -2.29. The molecule has 0 saturated heterocycles. The second-order valence-electron chi connectivity index (χ2n) is 7.53. The van der Waals surface area contributed by atoms with E-state index in [4.69, 9.17) is 0 Å². The van der Waals surface area contributed by atoms with Gasteiger partial charge in [-0.2, -0.15) is 0 Å². The average molecular weight is 405 g/mol. The van der Waals surface area contributed by atoms with Crippen molar-refractivity contribution in [1.29, 1.82) is 0 Å². The Morgan fingerprint density at radius 3 is 2.48 bits per heavy atom. The molecule has 1 atom stereocenters. The Balaban J connectivity index is 1.80. The Bertz CT molecular complexity index is 1110. The maximum absolute atomic E-state index is 12.8. The Labute approximate surface area is 163 Å². The predicted octanol–water partition coefficient (Wildman–Crippen LogP) is 3.63. The lowest BCUT2D eigenvalue weighted by atomic mass is 9.79. The highest BCUT2D eigenvalue weighted by atomic mass is 32.2. The zero-order valence-corrected chi connectivity index (χ0v) is 17.5. The minimum absolute atomic E-state index is 0.106. The molecule has 1 heterocycles. The molecule has 1 aromatic heterocycles. The predicted molar refractivity (Wildman–Crippen MR) is 111 cm³/mol. The molecule has 0 spiro atoms. The molecule has 0 aliphatic rings. The molecule has 144 valence electrons. The molecular weight excluding hydrogens is 380 g/mol. The van der Waals surface area contributed by atoms with Gasteiger partial charge < -0.3 is 4.57 Å². The van der Waals surface area contributed by atoms with Gasteiger partial charge in [-0.1, -0.05) is 55.5 Å². The molecule has 1 N–H and O–H groups in total. The van der Waals surface area contributed by atoms with Crippen LogP contribution in [0, 0.1) is 0 Å². The first-order valence-corrected chi connectivity index (χ1v) is 11.1. The third kappa shape index (κ3) is 4.15. The van der Waals surface area contributed by atoms with E-state index in [1.54, 1.807) is 25.2 Å². The largest absolute Gasteiger partial charge is 0.307 e. The van der Waals surface area contributed by atoms with Crippen molar-refractivity contribution in [3.8, 4) is 0 Å². The molecule has 27 heavy (non-hydrogen) atoms. The van der Waals surface area contributed by atoms with Gasteiger partial charge in [0.25, 0.3) is 0 Å². The van der Waals surface area contributed by atoms with Gasteiger partial charge in [0, 0.05) is 13.1 Å². The number of sulfonamides is 1. The van der Waals surface area contributed by atoms with Crippen LogP contribution in [0.2, 0.25) is 0 Å². The van der Waals surface area contributed by atoms with Crippen LogP contribution in [0.15, 0.2) is 58.2 Å². The van der Waals surface area contributed by atoms with E-state index in [0.717, 1.165) is 16.9 Å². The fraction of sp³-hybridized carbons (Fsp3) is 0.350. The first-order chi connectivity index (χ1) is 12.6. The minimum atomic E-state index is -3.66. The lowest BCUT2D eigenvalue weighted by molar-refractivity contribution is 0.418. The van der Waals surface area contributed by atoms with Crippen LogP contribution in [0.4, 0.5) is 0 Å². The maximum atomic E-state index is 12.8. The standard InChI is InChI=1S/C20H24N2O3S2/c1-14(13-20(2,3)15-8-6-5-7-9-15)21-27(24,25)16-10-11-17-18(12-16)26-19(23)22(17)4/h5-12,14,21H,13H2,1-4H3/t14-/m1/s1. The molecule has 3 aromatic rings. The van der Waals surface area contributed by atoms with Gasteiger partial charge in [0.2, 0.25) is 10.0 Å². The van der Waals surface area contributed by atoms with Crippen LogP contribution in [0.25, 0.3) is 10.2 Å². The molecule has 0 aliphatic carbocycles. The number of fused-ring (bicyclic) bond motifs is 1. The molecule has 7 heteroatoms. The van der Waals surface area contributed by atoms with Crippen LogP contribution in [-0.4, -0.2) is 19.0 Å². The number of benzene rings is 2. The summed E-state index contributed by atoms with van der Waals surface area (Å²) in [4.78, 5) is 11.9. The number of nitrogens with zero attached hydrogens (tertiary/aromatic N) is 1. The van der Waals surface area contributed by atoms with Crippen molar-refractivity contribution >= 4 is 31.6 Å². The van der Waals surface area contributed by atoms with Gasteiger partial charge in [0.1, 0.15) is 0 Å². The fourth-order valence-electron chi connectivity index (χ4n) is 3.43. The van der Waals surface area contributed by atoms with Crippen molar-refractivity contribution < 1.29 is 8.42 Å². The molecule has 2 aromatic carbocycles. The van der Waals surface area contributed by atoms with E-state index < -0.39 is 10.0 Å². The summed E-state index contributed by atoms with van der Waals surface area (Å²) in [5.41, 5.74) is 1.75. The summed E-state index contributed by atoms with van der Waals surface area (Å²) in [7, 11) is -1.98. The Kier molecular flexibility index (Phi) is 5.29. The summed E-state index contributed by atoms with van der Waals surface area (Å²) in [6.07, 6.45) is 0.664. The summed E-state index contributed by atoms with van der Waals surface area (Å²) in [6, 6.07) is 14.6. The molecule has 3 rings (SSSR count). The third-order valence-electron chi connectivity index (χ3n) is 4.80. The lowest BCUT2D eigenvalue weighted by Crippen LogP contribution is -2.37. The molecular formula is C20H24N2O3S2. The highest BCUT2D eigenvalue weighted by Gasteiger charge is 2.26. The number of aromatic nitrogens is 1. The number of hydrogen-bond acceptors (Lipinski definition) is 4. The van der Waals surface area contributed by atoms with Gasteiger partial charge in [0.05, 0.1) is 15.1 Å². The van der Waals surface area contributed by atoms with Gasteiger partial charge in [-0.15, -0.1) is 0 Å². The van der Waals surface area contributed by atoms with E-state index in [1.165, 1.54) is 10.1 Å². The third-order valence-corrected chi connectivity index (χ3v) is 7.38. The van der Waals surface area contributed by atoms with Gasteiger partial charge >= 0.3 is 4.87 Å². The number of aryl methyl sites for hydroxylation is 1. The molecule has 0 unspecified atom stereocenters.